The average molecular weight is 383 g/mol. The summed E-state index contributed by atoms with van der Waals surface area (Å²) in [6, 6.07) is 4.75. The molecule has 1 aromatic carbocycles. The molecule has 2 aliphatic heterocycles. The van der Waals surface area contributed by atoms with Crippen LogP contribution in [0, 0.1) is 11.3 Å². The van der Waals surface area contributed by atoms with E-state index in [-0.39, 0.29) is 28.6 Å². The third-order valence-electron chi connectivity index (χ3n) is 9.32. The summed E-state index contributed by atoms with van der Waals surface area (Å²) in [6.45, 7) is 2.80. The number of likely N-dealkylation sites (N-methyl/N-ethyl adjacent to an activating group) is 1. The third kappa shape index (κ3) is 1.53. The van der Waals surface area contributed by atoms with E-state index in [4.69, 9.17) is 14.2 Å². The Bertz CT molecular complexity index is 899. The number of benzene rings is 1. The fraction of sp³-hybridized carbons (Fsp3) is 0.696. The molecule has 3 saturated carbocycles. The first-order chi connectivity index (χ1) is 13.4. The lowest BCUT2D eigenvalue weighted by molar-refractivity contribution is -0.270. The molecule has 0 amide bonds. The number of ketones is 1. The fourth-order valence-corrected chi connectivity index (χ4v) is 8.30. The second kappa shape index (κ2) is 5.11. The van der Waals surface area contributed by atoms with Gasteiger partial charge >= 0.3 is 0 Å². The number of hydrogen-bond acceptors (Lipinski definition) is 5. The van der Waals surface area contributed by atoms with Crippen molar-refractivity contribution in [1.82, 2.24) is 4.90 Å². The molecule has 1 aromatic rings. The Kier molecular flexibility index (Phi) is 3.16. The van der Waals surface area contributed by atoms with Crippen LogP contribution in [0.5, 0.6) is 11.5 Å². The summed E-state index contributed by atoms with van der Waals surface area (Å²) in [5.41, 5.74) is 2.25. The molecule has 0 aromatic heterocycles. The number of ether oxygens (including phenoxy) is 3. The van der Waals surface area contributed by atoms with E-state index in [9.17, 15) is 4.79 Å². The van der Waals surface area contributed by atoms with E-state index in [1.165, 1.54) is 11.1 Å². The summed E-state index contributed by atoms with van der Waals surface area (Å²) in [5, 5.41) is 0. The molecule has 5 nitrogen and oxygen atoms in total. The number of hydrogen-bond donors (Lipinski definition) is 0. The van der Waals surface area contributed by atoms with Crippen molar-refractivity contribution in [3.8, 4) is 11.5 Å². The standard InChI is InChI=1S/C23H29NO4/c1-13(25)15-12-21-7-8-23(15,27-4)20-22(21)9-10-24(2)17(21)11-14-5-6-16(26-3)19(28-20)18(14)22/h5-6,15,17,20H,7-12H2,1-4H3/t15-,17?,20-,21?,22+,23+/m1/s1. The highest BCUT2D eigenvalue weighted by atomic mass is 16.6. The van der Waals surface area contributed by atoms with Gasteiger partial charge in [-0.15, -0.1) is 0 Å². The van der Waals surface area contributed by atoms with Gasteiger partial charge in [0.25, 0.3) is 0 Å². The molecule has 2 unspecified atom stereocenters. The van der Waals surface area contributed by atoms with Crippen LogP contribution in [0.3, 0.4) is 0 Å². The Labute approximate surface area is 166 Å². The molecule has 6 aliphatic rings. The zero-order valence-corrected chi connectivity index (χ0v) is 17.2. The second-order valence-electron chi connectivity index (χ2n) is 9.73. The molecule has 6 atom stereocenters. The summed E-state index contributed by atoms with van der Waals surface area (Å²) >= 11 is 0. The van der Waals surface area contributed by atoms with Crippen molar-refractivity contribution in [2.75, 3.05) is 27.8 Å². The van der Waals surface area contributed by atoms with Gasteiger partial charge in [0, 0.05) is 29.5 Å². The maximum atomic E-state index is 12.8. The van der Waals surface area contributed by atoms with Gasteiger partial charge in [-0.3, -0.25) is 4.79 Å². The lowest BCUT2D eigenvalue weighted by Crippen LogP contribution is -2.81. The van der Waals surface area contributed by atoms with Crippen LogP contribution in [0.2, 0.25) is 0 Å². The van der Waals surface area contributed by atoms with Crippen molar-refractivity contribution in [3.05, 3.63) is 23.3 Å². The number of Topliss-reactive ketones (excluding diaryl/α,β-unsaturated/α-hetero) is 1. The van der Waals surface area contributed by atoms with Gasteiger partial charge in [0.05, 0.1) is 13.0 Å². The molecule has 4 aliphatic carbocycles. The average Bonchev–Trinajstić information content (AvgIpc) is 3.07. The van der Waals surface area contributed by atoms with E-state index in [1.807, 2.05) is 0 Å². The van der Waals surface area contributed by atoms with Crippen LogP contribution in [-0.2, 0) is 21.4 Å². The zero-order valence-electron chi connectivity index (χ0n) is 17.2. The Hall–Kier alpha value is -1.59. The number of fused-ring (bicyclic) bond motifs is 2. The largest absolute Gasteiger partial charge is 0.493 e. The highest BCUT2D eigenvalue weighted by Gasteiger charge is 2.80. The van der Waals surface area contributed by atoms with Gasteiger partial charge in [0.15, 0.2) is 11.5 Å². The number of likely N-dealkylation sites (tertiary alicyclic amines) is 1. The van der Waals surface area contributed by atoms with Crippen molar-refractivity contribution in [1.29, 1.82) is 0 Å². The summed E-state index contributed by atoms with van der Waals surface area (Å²) in [6.07, 6.45) is 4.91. The van der Waals surface area contributed by atoms with Gasteiger partial charge < -0.3 is 19.1 Å². The molecule has 5 heteroatoms. The van der Waals surface area contributed by atoms with Crippen molar-refractivity contribution in [3.63, 3.8) is 0 Å². The first-order valence-corrected chi connectivity index (χ1v) is 10.6. The monoisotopic (exact) mass is 383 g/mol. The topological polar surface area (TPSA) is 48.0 Å². The molecular formula is C23H29NO4. The van der Waals surface area contributed by atoms with E-state index in [0.717, 1.165) is 50.1 Å². The summed E-state index contributed by atoms with van der Waals surface area (Å²) in [5.74, 6) is 1.89. The van der Waals surface area contributed by atoms with Gasteiger partial charge in [-0.2, -0.15) is 0 Å². The Balaban J connectivity index is 1.69. The predicted octanol–water partition coefficient (Wildman–Crippen LogP) is 2.73. The van der Waals surface area contributed by atoms with Gasteiger partial charge in [0.1, 0.15) is 17.5 Å². The number of piperidine rings is 1. The number of carbonyl (C=O) groups excluding carboxylic acids is 1. The Morgan fingerprint density at radius 2 is 2.07 bits per heavy atom. The van der Waals surface area contributed by atoms with Crippen LogP contribution in [0.4, 0.5) is 0 Å². The highest BCUT2D eigenvalue weighted by molar-refractivity contribution is 5.81. The van der Waals surface area contributed by atoms with Crippen LogP contribution < -0.4 is 9.47 Å². The molecule has 0 N–H and O–H groups in total. The molecule has 7 rings (SSSR count). The minimum Gasteiger partial charge on any atom is -0.493 e. The minimum absolute atomic E-state index is 0.0676. The van der Waals surface area contributed by atoms with Crippen molar-refractivity contribution >= 4 is 5.78 Å². The number of carbonyl (C=O) groups is 1. The van der Waals surface area contributed by atoms with E-state index >= 15 is 0 Å². The third-order valence-corrected chi connectivity index (χ3v) is 9.32. The lowest BCUT2D eigenvalue weighted by Gasteiger charge is -2.73. The van der Waals surface area contributed by atoms with Gasteiger partial charge in [-0.1, -0.05) is 6.07 Å². The molecule has 0 radical (unpaired) electrons. The van der Waals surface area contributed by atoms with Crippen LogP contribution >= 0.6 is 0 Å². The number of methoxy groups -OCH3 is 2. The van der Waals surface area contributed by atoms with Crippen LogP contribution in [0.25, 0.3) is 0 Å². The molecule has 2 heterocycles. The quantitative estimate of drug-likeness (QED) is 0.803. The summed E-state index contributed by atoms with van der Waals surface area (Å²) in [7, 11) is 5.77. The van der Waals surface area contributed by atoms with Crippen LogP contribution in [0.1, 0.15) is 43.7 Å². The maximum absolute atomic E-state index is 12.8. The molecule has 1 saturated heterocycles. The predicted molar refractivity (Wildman–Crippen MR) is 104 cm³/mol. The highest BCUT2D eigenvalue weighted by Crippen LogP contribution is 2.76. The molecule has 2 spiro atoms. The van der Waals surface area contributed by atoms with E-state index in [2.05, 4.69) is 24.1 Å². The zero-order chi connectivity index (χ0) is 19.5. The SMILES string of the molecule is COc1ccc2c3c1O[C@H]1[C@]4(OC)CCC5(C[C@@H]4C(C)=O)C(C2)N(C)CC[C@]315. The van der Waals surface area contributed by atoms with Gasteiger partial charge in [0.2, 0.25) is 0 Å². The van der Waals surface area contributed by atoms with Crippen molar-refractivity contribution < 1.29 is 19.0 Å². The fourth-order valence-electron chi connectivity index (χ4n) is 8.30. The molecule has 4 bridgehead atoms. The Morgan fingerprint density at radius 1 is 1.25 bits per heavy atom. The first kappa shape index (κ1) is 17.3. The van der Waals surface area contributed by atoms with E-state index < -0.39 is 5.60 Å². The second-order valence-corrected chi connectivity index (χ2v) is 9.73. The number of rotatable bonds is 3. The lowest BCUT2D eigenvalue weighted by atomic mass is 9.34. The first-order valence-electron chi connectivity index (χ1n) is 10.6. The summed E-state index contributed by atoms with van der Waals surface area (Å²) in [4.78, 5) is 15.4. The van der Waals surface area contributed by atoms with Gasteiger partial charge in [-0.25, -0.2) is 0 Å². The Morgan fingerprint density at radius 3 is 2.79 bits per heavy atom. The van der Waals surface area contributed by atoms with Crippen LogP contribution in [-0.4, -0.2) is 56.2 Å². The minimum atomic E-state index is -0.535. The van der Waals surface area contributed by atoms with Crippen molar-refractivity contribution in [2.45, 2.75) is 62.2 Å². The maximum Gasteiger partial charge on any atom is 0.165 e. The number of nitrogens with zero attached hydrogens (tertiary/aromatic N) is 1. The van der Waals surface area contributed by atoms with E-state index in [0.29, 0.717) is 6.04 Å². The van der Waals surface area contributed by atoms with E-state index in [1.54, 1.807) is 21.1 Å². The van der Waals surface area contributed by atoms with Gasteiger partial charge in [-0.05, 0) is 64.3 Å². The molecule has 4 fully saturated rings. The molecule has 28 heavy (non-hydrogen) atoms. The van der Waals surface area contributed by atoms with Crippen molar-refractivity contribution in [2.24, 2.45) is 11.3 Å². The normalized spacial score (nSPS) is 44.8. The smallest absolute Gasteiger partial charge is 0.165 e. The van der Waals surface area contributed by atoms with Crippen LogP contribution in [0.15, 0.2) is 12.1 Å². The molecular weight excluding hydrogens is 354 g/mol. The summed E-state index contributed by atoms with van der Waals surface area (Å²) < 4.78 is 18.8. The molecule has 150 valence electrons.